The number of hydrogen-bond acceptors (Lipinski definition) is 4. The molecule has 0 radical (unpaired) electrons. The Morgan fingerprint density at radius 2 is 2.10 bits per heavy atom. The number of nitrogens with one attached hydrogen (secondary N) is 1. The van der Waals surface area contributed by atoms with Crippen LogP contribution < -0.4 is 0 Å². The molecule has 1 aromatic heterocycles. The number of nitrogens with zero attached hydrogens (tertiary/aromatic N) is 3. The first-order chi connectivity index (χ1) is 9.16. The third-order valence-corrected chi connectivity index (χ3v) is 6.15. The minimum absolute atomic E-state index is 0.0160. The third kappa shape index (κ3) is 2.75. The van der Waals surface area contributed by atoms with E-state index in [1.165, 1.54) is 4.31 Å². The summed E-state index contributed by atoms with van der Waals surface area (Å²) in [4.78, 5) is 2.56. The zero-order valence-corrected chi connectivity index (χ0v) is 13.7. The van der Waals surface area contributed by atoms with E-state index >= 15 is 0 Å². The van der Waals surface area contributed by atoms with E-state index in [0.29, 0.717) is 22.8 Å². The Hall–Kier alpha value is -0.920. The highest BCUT2D eigenvalue weighted by Crippen LogP contribution is 2.31. The fraction of sp³-hybridized carbons (Fsp3) is 0.769. The first-order valence-electron chi connectivity index (χ1n) is 6.82. The summed E-state index contributed by atoms with van der Waals surface area (Å²) in [6.45, 7) is 8.09. The molecule has 1 aromatic rings. The van der Waals surface area contributed by atoms with Gasteiger partial charge in [-0.2, -0.15) is 5.10 Å². The number of aromatic amines is 1. The van der Waals surface area contributed by atoms with E-state index in [1.807, 2.05) is 0 Å². The number of sulfonamides is 1. The summed E-state index contributed by atoms with van der Waals surface area (Å²) in [6, 6.07) is 0. The first kappa shape index (κ1) is 15.5. The lowest BCUT2D eigenvalue weighted by molar-refractivity contribution is 0.255. The molecule has 20 heavy (non-hydrogen) atoms. The molecule has 2 heterocycles. The highest BCUT2D eigenvalue weighted by molar-refractivity contribution is 7.89. The van der Waals surface area contributed by atoms with Crippen LogP contribution in [0.25, 0.3) is 0 Å². The van der Waals surface area contributed by atoms with E-state index in [9.17, 15) is 8.42 Å². The Bertz CT molecular complexity index is 576. The lowest BCUT2D eigenvalue weighted by Gasteiger charge is -2.29. The number of hydrogen-bond donors (Lipinski definition) is 1. The Kier molecular flexibility index (Phi) is 3.96. The molecule has 0 saturated carbocycles. The van der Waals surface area contributed by atoms with Gasteiger partial charge < -0.3 is 4.90 Å². The number of aromatic nitrogens is 2. The van der Waals surface area contributed by atoms with Gasteiger partial charge in [0.15, 0.2) is 0 Å². The minimum atomic E-state index is -3.48. The van der Waals surface area contributed by atoms with Crippen LogP contribution in [0.4, 0.5) is 0 Å². The average molecular weight is 300 g/mol. The molecule has 7 heteroatoms. The predicted octanol–water partition coefficient (Wildman–Crippen LogP) is 0.989. The molecule has 0 amide bonds. The molecular weight excluding hydrogens is 276 g/mol. The number of aryl methyl sites for hydroxylation is 2. The molecule has 2 rings (SSSR count). The van der Waals surface area contributed by atoms with Gasteiger partial charge in [0.05, 0.1) is 11.4 Å². The Morgan fingerprint density at radius 1 is 1.45 bits per heavy atom. The molecule has 0 aromatic carbocycles. The number of likely N-dealkylation sites (tertiary alicyclic amines) is 1. The largest absolute Gasteiger partial charge is 0.306 e. The first-order valence-corrected chi connectivity index (χ1v) is 8.26. The van der Waals surface area contributed by atoms with Gasteiger partial charge in [-0.1, -0.05) is 6.92 Å². The van der Waals surface area contributed by atoms with Gasteiger partial charge in [-0.3, -0.25) is 5.10 Å². The minimum Gasteiger partial charge on any atom is -0.306 e. The van der Waals surface area contributed by atoms with E-state index in [1.54, 1.807) is 20.9 Å². The van der Waals surface area contributed by atoms with Crippen LogP contribution in [0.2, 0.25) is 0 Å². The van der Waals surface area contributed by atoms with E-state index < -0.39 is 10.0 Å². The Labute approximate surface area is 121 Å². The predicted molar refractivity (Wildman–Crippen MR) is 78.1 cm³/mol. The summed E-state index contributed by atoms with van der Waals surface area (Å²) < 4.78 is 26.9. The summed E-state index contributed by atoms with van der Waals surface area (Å²) in [5.74, 6) is 0. The summed E-state index contributed by atoms with van der Waals surface area (Å²) >= 11 is 0. The molecule has 1 N–H and O–H groups in total. The standard InChI is InChI=1S/C13H24N4O2S/c1-10-12(11(2)15-14-10)20(18,19)17(5)9-13(3)6-7-16(4)8-13/h6-9H2,1-5H3,(H,14,15)/t13-/m0/s1. The van der Waals surface area contributed by atoms with Gasteiger partial charge in [0.1, 0.15) is 4.90 Å². The molecule has 1 saturated heterocycles. The maximum absolute atomic E-state index is 12.7. The summed E-state index contributed by atoms with van der Waals surface area (Å²) in [5.41, 5.74) is 1.15. The van der Waals surface area contributed by atoms with Gasteiger partial charge in [-0.05, 0) is 39.3 Å². The van der Waals surface area contributed by atoms with Crippen molar-refractivity contribution in [3.63, 3.8) is 0 Å². The van der Waals surface area contributed by atoms with Crippen LogP contribution >= 0.6 is 0 Å². The van der Waals surface area contributed by atoms with Crippen molar-refractivity contribution in [3.05, 3.63) is 11.4 Å². The van der Waals surface area contributed by atoms with Crippen LogP contribution in [0.5, 0.6) is 0 Å². The van der Waals surface area contributed by atoms with Crippen LogP contribution in [0.15, 0.2) is 4.90 Å². The summed E-state index contributed by atoms with van der Waals surface area (Å²) in [7, 11) is 0.252. The number of H-pyrrole nitrogens is 1. The van der Waals surface area contributed by atoms with Gasteiger partial charge in [0.25, 0.3) is 0 Å². The lowest BCUT2D eigenvalue weighted by atomic mass is 9.90. The molecule has 114 valence electrons. The Morgan fingerprint density at radius 3 is 2.55 bits per heavy atom. The van der Waals surface area contributed by atoms with E-state index in [4.69, 9.17) is 0 Å². The molecule has 0 aliphatic carbocycles. The quantitative estimate of drug-likeness (QED) is 0.900. The van der Waals surface area contributed by atoms with Gasteiger partial charge >= 0.3 is 0 Å². The average Bonchev–Trinajstić information content (AvgIpc) is 2.82. The van der Waals surface area contributed by atoms with Crippen LogP contribution in [-0.2, 0) is 10.0 Å². The second-order valence-corrected chi connectivity index (χ2v) is 8.30. The highest BCUT2D eigenvalue weighted by atomic mass is 32.2. The van der Waals surface area contributed by atoms with Crippen molar-refractivity contribution in [2.45, 2.75) is 32.1 Å². The molecular formula is C13H24N4O2S. The van der Waals surface area contributed by atoms with Gasteiger partial charge in [0, 0.05) is 20.1 Å². The van der Waals surface area contributed by atoms with Crippen LogP contribution in [0.1, 0.15) is 24.7 Å². The highest BCUT2D eigenvalue weighted by Gasteiger charge is 2.37. The topological polar surface area (TPSA) is 69.3 Å². The molecule has 0 spiro atoms. The van der Waals surface area contributed by atoms with Crippen LogP contribution in [-0.4, -0.2) is 61.5 Å². The molecule has 1 aliphatic heterocycles. The van der Waals surface area contributed by atoms with Gasteiger partial charge in [-0.15, -0.1) is 0 Å². The molecule has 1 aliphatic rings. The normalized spacial score (nSPS) is 24.7. The van der Waals surface area contributed by atoms with Crippen molar-refractivity contribution in [2.75, 3.05) is 33.7 Å². The maximum atomic E-state index is 12.7. The van der Waals surface area contributed by atoms with Crippen molar-refractivity contribution in [2.24, 2.45) is 5.41 Å². The fourth-order valence-corrected chi connectivity index (χ4v) is 4.74. The van der Waals surface area contributed by atoms with Crippen molar-refractivity contribution < 1.29 is 8.42 Å². The van der Waals surface area contributed by atoms with Crippen molar-refractivity contribution >= 4 is 10.0 Å². The smallest absolute Gasteiger partial charge is 0.246 e. The van der Waals surface area contributed by atoms with Gasteiger partial charge in [0.2, 0.25) is 10.0 Å². The van der Waals surface area contributed by atoms with Crippen molar-refractivity contribution in [1.29, 1.82) is 0 Å². The molecule has 1 atom stereocenters. The second-order valence-electron chi connectivity index (χ2n) is 6.32. The SMILES string of the molecule is Cc1n[nH]c(C)c1S(=O)(=O)N(C)C[C@@]1(C)CCN(C)C1. The second kappa shape index (κ2) is 5.13. The van der Waals surface area contributed by atoms with Crippen molar-refractivity contribution in [3.8, 4) is 0 Å². The van der Waals surface area contributed by atoms with E-state index in [2.05, 4.69) is 29.1 Å². The molecule has 6 nitrogen and oxygen atoms in total. The van der Waals surface area contributed by atoms with Gasteiger partial charge in [-0.25, -0.2) is 12.7 Å². The molecule has 0 unspecified atom stereocenters. The van der Waals surface area contributed by atoms with Crippen LogP contribution in [0.3, 0.4) is 0 Å². The van der Waals surface area contributed by atoms with E-state index in [-0.39, 0.29) is 5.41 Å². The number of rotatable bonds is 4. The summed E-state index contributed by atoms with van der Waals surface area (Å²) in [5, 5.41) is 6.73. The zero-order valence-electron chi connectivity index (χ0n) is 12.9. The third-order valence-electron chi connectivity index (χ3n) is 4.08. The van der Waals surface area contributed by atoms with E-state index in [0.717, 1.165) is 19.5 Å². The fourth-order valence-electron chi connectivity index (χ4n) is 3.10. The maximum Gasteiger partial charge on any atom is 0.246 e. The lowest BCUT2D eigenvalue weighted by Crippen LogP contribution is -2.39. The monoisotopic (exact) mass is 300 g/mol. The molecule has 1 fully saturated rings. The van der Waals surface area contributed by atoms with Crippen LogP contribution in [0, 0.1) is 19.3 Å². The summed E-state index contributed by atoms with van der Waals surface area (Å²) in [6.07, 6.45) is 1.02. The zero-order chi connectivity index (χ0) is 15.1. The van der Waals surface area contributed by atoms with Crippen molar-refractivity contribution in [1.82, 2.24) is 19.4 Å². The Balaban J connectivity index is 2.23. The molecule has 0 bridgehead atoms.